The van der Waals surface area contributed by atoms with E-state index >= 15 is 0 Å². The van der Waals surface area contributed by atoms with Crippen molar-refractivity contribution in [3.8, 4) is 0 Å². The van der Waals surface area contributed by atoms with Gasteiger partial charge in [-0.25, -0.2) is 13.2 Å². The number of carboxylic acids is 1. The van der Waals surface area contributed by atoms with Crippen molar-refractivity contribution < 1.29 is 31.5 Å². The molecule has 0 radical (unpaired) electrons. The number of sulfone groups is 1. The minimum Gasteiger partial charge on any atom is -0.478 e. The summed E-state index contributed by atoms with van der Waals surface area (Å²) in [5.41, 5.74) is -0.411. The summed E-state index contributed by atoms with van der Waals surface area (Å²) in [4.78, 5) is 14.2. The van der Waals surface area contributed by atoms with E-state index in [0.29, 0.717) is 24.9 Å². The molecular weight excluding hydrogens is 451 g/mol. The zero-order chi connectivity index (χ0) is 22.6. The van der Waals surface area contributed by atoms with E-state index in [-0.39, 0.29) is 24.2 Å². The number of rotatable bonds is 8. The van der Waals surface area contributed by atoms with E-state index in [1.165, 1.54) is 17.4 Å². The van der Waals surface area contributed by atoms with Crippen LogP contribution in [0.3, 0.4) is 0 Å². The van der Waals surface area contributed by atoms with Crippen LogP contribution in [0, 0.1) is 0 Å². The number of allylic oxidation sites excluding steroid dienone is 1. The third-order valence-electron chi connectivity index (χ3n) is 4.81. The van der Waals surface area contributed by atoms with Crippen molar-refractivity contribution in [1.82, 2.24) is 4.90 Å². The van der Waals surface area contributed by atoms with Crippen molar-refractivity contribution in [3.63, 3.8) is 0 Å². The van der Waals surface area contributed by atoms with Gasteiger partial charge in [0.1, 0.15) is 0 Å². The first-order chi connectivity index (χ1) is 14.6. The van der Waals surface area contributed by atoms with Crippen LogP contribution >= 0.6 is 11.3 Å². The standard InChI is InChI=1S/C21H20F3NO4S2/c22-21(23,24)15-5-1-7-17(13-15)31(28,29)12-4-9-19-18(20(26)27)8-2-10-25(19)14-16-6-3-11-30-16/h1-3,5-8,11,13H,4,9-10,12,14H2,(H,26,27). The van der Waals surface area contributed by atoms with E-state index in [0.717, 1.165) is 23.1 Å². The molecule has 0 amide bonds. The third-order valence-corrected chi connectivity index (χ3v) is 7.47. The molecule has 0 atom stereocenters. The SMILES string of the molecule is O=C(O)C1=C(CCCS(=O)(=O)c2cccc(C(F)(F)F)c2)N(Cc2cccs2)CC=C1. The van der Waals surface area contributed by atoms with Gasteiger partial charge in [0.25, 0.3) is 0 Å². The number of benzene rings is 1. The lowest BCUT2D eigenvalue weighted by Crippen LogP contribution is -2.28. The minimum absolute atomic E-state index is 0.0828. The van der Waals surface area contributed by atoms with Crippen LogP contribution in [0.1, 0.15) is 23.3 Å². The Kier molecular flexibility index (Phi) is 6.90. The predicted molar refractivity (Wildman–Crippen MR) is 111 cm³/mol. The Morgan fingerprint density at radius 3 is 2.61 bits per heavy atom. The first-order valence-electron chi connectivity index (χ1n) is 9.38. The van der Waals surface area contributed by atoms with Gasteiger partial charge in [-0.15, -0.1) is 11.3 Å². The predicted octanol–water partition coefficient (Wildman–Crippen LogP) is 4.73. The number of hydrogen-bond acceptors (Lipinski definition) is 5. The van der Waals surface area contributed by atoms with Crippen LogP contribution in [0.15, 0.2) is 70.1 Å². The number of nitrogens with zero attached hydrogens (tertiary/aromatic N) is 1. The molecule has 2 aromatic rings. The van der Waals surface area contributed by atoms with Crippen LogP contribution in [0.25, 0.3) is 0 Å². The summed E-state index contributed by atoms with van der Waals surface area (Å²) >= 11 is 1.53. The summed E-state index contributed by atoms with van der Waals surface area (Å²) in [5.74, 6) is -1.50. The first-order valence-corrected chi connectivity index (χ1v) is 11.9. The summed E-state index contributed by atoms with van der Waals surface area (Å²) in [6.07, 6.45) is -1.14. The number of alkyl halides is 3. The Morgan fingerprint density at radius 2 is 1.97 bits per heavy atom. The van der Waals surface area contributed by atoms with Gasteiger partial charge in [0.15, 0.2) is 9.84 Å². The molecule has 0 unspecified atom stereocenters. The molecule has 1 aromatic carbocycles. The van der Waals surface area contributed by atoms with Gasteiger partial charge in [0.05, 0.1) is 28.3 Å². The van der Waals surface area contributed by atoms with Crippen molar-refractivity contribution in [2.45, 2.75) is 30.5 Å². The van der Waals surface area contributed by atoms with Crippen LogP contribution in [0.5, 0.6) is 0 Å². The molecule has 5 nitrogen and oxygen atoms in total. The number of carboxylic acid groups (broad SMARTS) is 1. The summed E-state index contributed by atoms with van der Waals surface area (Å²) in [6, 6.07) is 7.47. The fraction of sp³-hybridized carbons (Fsp3) is 0.286. The Hall–Kier alpha value is -2.59. The third kappa shape index (κ3) is 5.76. The number of hydrogen-bond donors (Lipinski definition) is 1. The average molecular weight is 472 g/mol. The summed E-state index contributed by atoms with van der Waals surface area (Å²) in [5, 5.41) is 11.5. The molecule has 3 rings (SSSR count). The van der Waals surface area contributed by atoms with Crippen LogP contribution in [-0.4, -0.2) is 36.7 Å². The second-order valence-electron chi connectivity index (χ2n) is 6.98. The van der Waals surface area contributed by atoms with Gasteiger partial charge in [-0.1, -0.05) is 18.2 Å². The fourth-order valence-corrected chi connectivity index (χ4v) is 5.40. The van der Waals surface area contributed by atoms with Crippen molar-refractivity contribution in [2.75, 3.05) is 12.3 Å². The maximum absolute atomic E-state index is 12.9. The highest BCUT2D eigenvalue weighted by Gasteiger charge is 2.31. The lowest BCUT2D eigenvalue weighted by molar-refractivity contribution is -0.137. The monoisotopic (exact) mass is 471 g/mol. The second kappa shape index (κ2) is 9.27. The van der Waals surface area contributed by atoms with E-state index in [9.17, 15) is 31.5 Å². The molecule has 0 saturated carbocycles. The van der Waals surface area contributed by atoms with Gasteiger partial charge in [-0.2, -0.15) is 13.2 Å². The topological polar surface area (TPSA) is 74.7 Å². The molecule has 0 fully saturated rings. The Morgan fingerprint density at radius 1 is 1.19 bits per heavy atom. The van der Waals surface area contributed by atoms with Gasteiger partial charge in [0, 0.05) is 17.1 Å². The highest BCUT2D eigenvalue weighted by atomic mass is 32.2. The van der Waals surface area contributed by atoms with E-state index in [1.54, 1.807) is 6.08 Å². The number of carbonyl (C=O) groups is 1. The molecule has 0 spiro atoms. The highest BCUT2D eigenvalue weighted by Crippen LogP contribution is 2.31. The summed E-state index contributed by atoms with van der Waals surface area (Å²) in [7, 11) is -3.95. The summed E-state index contributed by atoms with van der Waals surface area (Å²) < 4.78 is 63.9. The van der Waals surface area contributed by atoms with Crippen molar-refractivity contribution in [3.05, 3.63) is 75.6 Å². The van der Waals surface area contributed by atoms with Crippen molar-refractivity contribution >= 4 is 27.1 Å². The van der Waals surface area contributed by atoms with E-state index in [4.69, 9.17) is 0 Å². The second-order valence-corrected chi connectivity index (χ2v) is 10.1. The summed E-state index contributed by atoms with van der Waals surface area (Å²) in [6.45, 7) is 0.985. The zero-order valence-corrected chi connectivity index (χ0v) is 17.9. The average Bonchev–Trinajstić information content (AvgIpc) is 3.21. The Bertz CT molecular complexity index is 1100. The fourth-order valence-electron chi connectivity index (χ4n) is 3.33. The molecule has 10 heteroatoms. The zero-order valence-electron chi connectivity index (χ0n) is 16.3. The van der Waals surface area contributed by atoms with Crippen LogP contribution in [0.2, 0.25) is 0 Å². The minimum atomic E-state index is -4.64. The van der Waals surface area contributed by atoms with Crippen LogP contribution in [0.4, 0.5) is 13.2 Å². The maximum atomic E-state index is 12.9. The molecule has 1 aliphatic heterocycles. The van der Waals surface area contributed by atoms with Crippen LogP contribution in [-0.2, 0) is 27.4 Å². The van der Waals surface area contributed by atoms with Gasteiger partial charge >= 0.3 is 12.1 Å². The van der Waals surface area contributed by atoms with Gasteiger partial charge in [-0.05, 0) is 48.6 Å². The molecule has 2 heterocycles. The lowest BCUT2D eigenvalue weighted by Gasteiger charge is -2.30. The Labute approximate surface area is 182 Å². The molecule has 0 aliphatic carbocycles. The van der Waals surface area contributed by atoms with Crippen molar-refractivity contribution in [2.24, 2.45) is 0 Å². The molecule has 1 N–H and O–H groups in total. The van der Waals surface area contributed by atoms with Gasteiger partial charge in [-0.3, -0.25) is 0 Å². The first kappa shape index (κ1) is 23.1. The lowest BCUT2D eigenvalue weighted by atomic mass is 10.0. The smallest absolute Gasteiger partial charge is 0.416 e. The molecule has 1 aromatic heterocycles. The molecule has 0 saturated heterocycles. The van der Waals surface area contributed by atoms with E-state index in [1.807, 2.05) is 22.4 Å². The molecular formula is C21H20F3NO4S2. The highest BCUT2D eigenvalue weighted by molar-refractivity contribution is 7.91. The molecule has 0 bridgehead atoms. The largest absolute Gasteiger partial charge is 0.478 e. The van der Waals surface area contributed by atoms with Gasteiger partial charge < -0.3 is 10.0 Å². The normalized spacial score (nSPS) is 14.9. The molecule has 1 aliphatic rings. The number of halogens is 3. The van der Waals surface area contributed by atoms with E-state index < -0.39 is 32.4 Å². The number of aliphatic carboxylic acids is 1. The van der Waals surface area contributed by atoms with E-state index in [2.05, 4.69) is 0 Å². The molecule has 166 valence electrons. The Balaban J connectivity index is 1.76. The van der Waals surface area contributed by atoms with Crippen LogP contribution < -0.4 is 0 Å². The van der Waals surface area contributed by atoms with Crippen molar-refractivity contribution in [1.29, 1.82) is 0 Å². The maximum Gasteiger partial charge on any atom is 0.416 e. The number of thiophene rings is 1. The quantitative estimate of drug-likeness (QED) is 0.603. The van der Waals surface area contributed by atoms with Gasteiger partial charge in [0.2, 0.25) is 0 Å². The molecule has 31 heavy (non-hydrogen) atoms.